The fourth-order valence-electron chi connectivity index (χ4n) is 1.69. The van der Waals surface area contributed by atoms with Gasteiger partial charge in [-0.1, -0.05) is 12.1 Å². The molecule has 0 aromatic heterocycles. The molecule has 0 saturated carbocycles. The highest BCUT2D eigenvalue weighted by Gasteiger charge is 2.06. The van der Waals surface area contributed by atoms with Gasteiger partial charge in [-0.15, -0.1) is 0 Å². The van der Waals surface area contributed by atoms with Gasteiger partial charge >= 0.3 is 5.97 Å². The number of hydrogen-bond donors (Lipinski definition) is 2. The van der Waals surface area contributed by atoms with E-state index in [2.05, 4.69) is 5.32 Å². The summed E-state index contributed by atoms with van der Waals surface area (Å²) < 4.78 is 12.8. The van der Waals surface area contributed by atoms with Gasteiger partial charge in [-0.25, -0.2) is 9.18 Å². The monoisotopic (exact) mass is 285 g/mol. The molecule has 0 saturated heterocycles. The lowest BCUT2D eigenvalue weighted by Crippen LogP contribution is -2.11. The van der Waals surface area contributed by atoms with Crippen LogP contribution in [0.25, 0.3) is 6.08 Å². The Kier molecular flexibility index (Phi) is 4.46. The number of carbonyl (C=O) groups is 2. The van der Waals surface area contributed by atoms with Crippen LogP contribution < -0.4 is 5.32 Å². The average Bonchev–Trinajstić information content (AvgIpc) is 2.48. The minimum absolute atomic E-state index is 0.354. The summed E-state index contributed by atoms with van der Waals surface area (Å²) in [5, 5.41) is 11.2. The fraction of sp³-hybridized carbons (Fsp3) is 0. The second kappa shape index (κ2) is 6.47. The normalized spacial score (nSPS) is 10.5. The average molecular weight is 285 g/mol. The molecule has 0 unspecified atom stereocenters. The summed E-state index contributed by atoms with van der Waals surface area (Å²) in [6, 6.07) is 11.9. The van der Waals surface area contributed by atoms with E-state index in [1.54, 1.807) is 24.3 Å². The Hall–Kier alpha value is -2.95. The summed E-state index contributed by atoms with van der Waals surface area (Å²) in [5.74, 6) is -1.79. The number of amides is 1. The number of anilines is 1. The van der Waals surface area contributed by atoms with Crippen molar-refractivity contribution in [2.24, 2.45) is 0 Å². The van der Waals surface area contributed by atoms with Crippen molar-refractivity contribution in [1.82, 2.24) is 0 Å². The van der Waals surface area contributed by atoms with E-state index in [-0.39, 0.29) is 11.7 Å². The smallest absolute Gasteiger partial charge is 0.328 e. The minimum atomic E-state index is -1.06. The van der Waals surface area contributed by atoms with Crippen LogP contribution in [0.4, 0.5) is 10.1 Å². The number of aliphatic carboxylic acids is 1. The molecular weight excluding hydrogens is 273 g/mol. The predicted molar refractivity (Wildman–Crippen MR) is 77.5 cm³/mol. The summed E-state index contributed by atoms with van der Waals surface area (Å²) in [6.07, 6.45) is 2.40. The van der Waals surface area contributed by atoms with E-state index in [0.717, 1.165) is 6.08 Å². The molecule has 0 heterocycles. The zero-order valence-corrected chi connectivity index (χ0v) is 10.9. The highest BCUT2D eigenvalue weighted by molar-refractivity contribution is 6.04. The Morgan fingerprint density at radius 1 is 1.10 bits per heavy atom. The van der Waals surface area contributed by atoms with Crippen LogP contribution in [0.15, 0.2) is 54.6 Å². The van der Waals surface area contributed by atoms with Crippen molar-refractivity contribution >= 4 is 23.6 Å². The topological polar surface area (TPSA) is 66.4 Å². The SMILES string of the molecule is O=C(O)C=Cc1cccc(C(=O)Nc2ccc(F)cc2)c1. The maximum Gasteiger partial charge on any atom is 0.328 e. The molecule has 0 fully saturated rings. The predicted octanol–water partition coefficient (Wildman–Crippen LogP) is 3.18. The largest absolute Gasteiger partial charge is 0.478 e. The van der Waals surface area contributed by atoms with E-state index in [1.807, 2.05) is 0 Å². The van der Waals surface area contributed by atoms with Crippen molar-refractivity contribution in [2.75, 3.05) is 5.32 Å². The zero-order valence-electron chi connectivity index (χ0n) is 10.9. The maximum atomic E-state index is 12.8. The van der Waals surface area contributed by atoms with Crippen molar-refractivity contribution in [1.29, 1.82) is 0 Å². The van der Waals surface area contributed by atoms with Crippen LogP contribution in [0.3, 0.4) is 0 Å². The first-order valence-corrected chi connectivity index (χ1v) is 6.12. The number of hydrogen-bond acceptors (Lipinski definition) is 2. The molecule has 0 aliphatic heterocycles. The third-order valence-corrected chi connectivity index (χ3v) is 2.67. The van der Waals surface area contributed by atoms with Gasteiger partial charge in [0.25, 0.3) is 5.91 Å². The summed E-state index contributed by atoms with van der Waals surface area (Å²) in [6.45, 7) is 0. The second-order valence-electron chi connectivity index (χ2n) is 4.26. The molecule has 0 bridgehead atoms. The number of halogens is 1. The van der Waals surface area contributed by atoms with Crippen molar-refractivity contribution in [3.8, 4) is 0 Å². The van der Waals surface area contributed by atoms with Gasteiger partial charge in [-0.2, -0.15) is 0 Å². The first kappa shape index (κ1) is 14.5. The van der Waals surface area contributed by atoms with E-state index >= 15 is 0 Å². The summed E-state index contributed by atoms with van der Waals surface area (Å²) in [5.41, 5.74) is 1.46. The molecule has 106 valence electrons. The number of nitrogens with one attached hydrogen (secondary N) is 1. The van der Waals surface area contributed by atoms with Crippen LogP contribution in [-0.4, -0.2) is 17.0 Å². The van der Waals surface area contributed by atoms with Gasteiger partial charge in [-0.3, -0.25) is 4.79 Å². The Morgan fingerprint density at radius 3 is 2.48 bits per heavy atom. The van der Waals surface area contributed by atoms with Gasteiger partial charge in [-0.05, 0) is 48.0 Å². The maximum absolute atomic E-state index is 12.8. The number of carboxylic acids is 1. The first-order chi connectivity index (χ1) is 10.0. The molecule has 2 N–H and O–H groups in total. The van der Waals surface area contributed by atoms with E-state index in [9.17, 15) is 14.0 Å². The van der Waals surface area contributed by atoms with Crippen molar-refractivity contribution in [3.05, 3.63) is 71.6 Å². The number of carboxylic acid groups (broad SMARTS) is 1. The minimum Gasteiger partial charge on any atom is -0.478 e. The standard InChI is InChI=1S/C16H12FNO3/c17-13-5-7-14(8-6-13)18-16(21)12-3-1-2-11(10-12)4-9-15(19)20/h1-10H,(H,18,21)(H,19,20). The quantitative estimate of drug-likeness (QED) is 0.848. The zero-order chi connectivity index (χ0) is 15.2. The Balaban J connectivity index is 2.14. The molecule has 1 amide bonds. The second-order valence-corrected chi connectivity index (χ2v) is 4.26. The lowest BCUT2D eigenvalue weighted by molar-refractivity contribution is -0.131. The van der Waals surface area contributed by atoms with E-state index in [4.69, 9.17) is 5.11 Å². The molecule has 0 spiro atoms. The summed E-state index contributed by atoms with van der Waals surface area (Å²) in [7, 11) is 0. The Labute approximate surface area is 120 Å². The molecule has 5 heteroatoms. The molecule has 2 rings (SSSR count). The van der Waals surface area contributed by atoms with Gasteiger partial charge in [0.05, 0.1) is 0 Å². The Bertz CT molecular complexity index is 693. The number of benzene rings is 2. The molecule has 21 heavy (non-hydrogen) atoms. The van der Waals surface area contributed by atoms with Crippen LogP contribution in [0, 0.1) is 5.82 Å². The molecule has 0 radical (unpaired) electrons. The highest BCUT2D eigenvalue weighted by atomic mass is 19.1. The van der Waals surface area contributed by atoms with Gasteiger partial charge in [0, 0.05) is 17.3 Å². The molecule has 0 aliphatic carbocycles. The lowest BCUT2D eigenvalue weighted by atomic mass is 10.1. The summed E-state index contributed by atoms with van der Waals surface area (Å²) >= 11 is 0. The van der Waals surface area contributed by atoms with E-state index < -0.39 is 5.97 Å². The Morgan fingerprint density at radius 2 is 1.81 bits per heavy atom. The fourth-order valence-corrected chi connectivity index (χ4v) is 1.69. The van der Waals surface area contributed by atoms with Crippen molar-refractivity contribution in [3.63, 3.8) is 0 Å². The van der Waals surface area contributed by atoms with Gasteiger partial charge in [0.1, 0.15) is 5.82 Å². The van der Waals surface area contributed by atoms with E-state index in [1.165, 1.54) is 30.3 Å². The molecular formula is C16H12FNO3. The lowest BCUT2D eigenvalue weighted by Gasteiger charge is -2.05. The van der Waals surface area contributed by atoms with Crippen LogP contribution in [-0.2, 0) is 4.79 Å². The van der Waals surface area contributed by atoms with Gasteiger partial charge in [0.2, 0.25) is 0 Å². The van der Waals surface area contributed by atoms with Crippen LogP contribution >= 0.6 is 0 Å². The van der Waals surface area contributed by atoms with Crippen LogP contribution in [0.5, 0.6) is 0 Å². The molecule has 2 aromatic rings. The number of carbonyl (C=O) groups excluding carboxylic acids is 1. The highest BCUT2D eigenvalue weighted by Crippen LogP contribution is 2.12. The molecule has 0 aliphatic rings. The molecule has 2 aromatic carbocycles. The third kappa shape index (κ3) is 4.28. The van der Waals surface area contributed by atoms with Gasteiger partial charge in [0.15, 0.2) is 0 Å². The number of rotatable bonds is 4. The third-order valence-electron chi connectivity index (χ3n) is 2.67. The first-order valence-electron chi connectivity index (χ1n) is 6.12. The van der Waals surface area contributed by atoms with Crippen molar-refractivity contribution in [2.45, 2.75) is 0 Å². The molecule has 0 atom stereocenters. The van der Waals surface area contributed by atoms with Crippen LogP contribution in [0.2, 0.25) is 0 Å². The van der Waals surface area contributed by atoms with Crippen molar-refractivity contribution < 1.29 is 19.1 Å². The molecule has 4 nitrogen and oxygen atoms in total. The van der Waals surface area contributed by atoms with E-state index in [0.29, 0.717) is 16.8 Å². The van der Waals surface area contributed by atoms with Crippen LogP contribution in [0.1, 0.15) is 15.9 Å². The van der Waals surface area contributed by atoms with Gasteiger partial charge < -0.3 is 10.4 Å². The summed E-state index contributed by atoms with van der Waals surface area (Å²) in [4.78, 5) is 22.5.